The van der Waals surface area contributed by atoms with Crippen LogP contribution in [0.4, 0.5) is 0 Å². The van der Waals surface area contributed by atoms with Crippen LogP contribution in [0.15, 0.2) is 69.6 Å². The molecule has 0 saturated heterocycles. The van der Waals surface area contributed by atoms with E-state index in [1.165, 1.54) is 6.08 Å². The molecular formula is C22H20N4O5S2. The highest BCUT2D eigenvalue weighted by molar-refractivity contribution is 8.16. The Labute approximate surface area is 195 Å². The van der Waals surface area contributed by atoms with Gasteiger partial charge in [0.2, 0.25) is 20.2 Å². The second kappa shape index (κ2) is 9.59. The van der Waals surface area contributed by atoms with Crippen LogP contribution in [0.3, 0.4) is 0 Å². The predicted molar refractivity (Wildman–Crippen MR) is 128 cm³/mol. The molecule has 0 radical (unpaired) electrons. The molecular weight excluding hydrogens is 464 g/mol. The summed E-state index contributed by atoms with van der Waals surface area (Å²) in [5, 5.41) is 8.11. The Morgan fingerprint density at radius 2 is 1.67 bits per heavy atom. The van der Waals surface area contributed by atoms with Crippen molar-refractivity contribution >= 4 is 49.9 Å². The van der Waals surface area contributed by atoms with Crippen molar-refractivity contribution in [3.05, 3.63) is 65.7 Å². The van der Waals surface area contributed by atoms with Crippen molar-refractivity contribution in [2.45, 2.75) is 6.42 Å². The van der Waals surface area contributed by atoms with Crippen molar-refractivity contribution in [2.24, 2.45) is 9.39 Å². The number of carbonyl (C=O) groups excluding carboxylic acids is 1. The van der Waals surface area contributed by atoms with Gasteiger partial charge in [0.1, 0.15) is 17.3 Å². The van der Waals surface area contributed by atoms with Crippen LogP contribution in [0.25, 0.3) is 6.08 Å². The van der Waals surface area contributed by atoms with Crippen LogP contribution in [-0.2, 0) is 14.6 Å². The quantitative estimate of drug-likeness (QED) is 0.364. The van der Waals surface area contributed by atoms with Gasteiger partial charge in [-0.3, -0.25) is 10.2 Å². The maximum absolute atomic E-state index is 12.4. The first-order chi connectivity index (χ1) is 15.8. The molecule has 0 aromatic heterocycles. The highest BCUT2D eigenvalue weighted by Gasteiger charge is 2.41. The van der Waals surface area contributed by atoms with Crippen LogP contribution in [0.5, 0.6) is 11.5 Å². The Morgan fingerprint density at radius 3 is 2.30 bits per heavy atom. The van der Waals surface area contributed by atoms with E-state index in [9.17, 15) is 13.2 Å². The third-order valence-electron chi connectivity index (χ3n) is 4.59. The van der Waals surface area contributed by atoms with Gasteiger partial charge >= 0.3 is 0 Å². The van der Waals surface area contributed by atoms with Gasteiger partial charge < -0.3 is 9.47 Å². The van der Waals surface area contributed by atoms with E-state index in [4.69, 9.17) is 14.9 Å². The Bertz CT molecular complexity index is 1270. The van der Waals surface area contributed by atoms with Crippen LogP contribution in [0.2, 0.25) is 0 Å². The zero-order valence-electron chi connectivity index (χ0n) is 17.6. The molecule has 0 fully saturated rings. The number of rotatable bonds is 7. The summed E-state index contributed by atoms with van der Waals surface area (Å²) in [5.41, 5.74) is 0.621. The second-order valence-electron chi connectivity index (χ2n) is 7.11. The minimum absolute atomic E-state index is 0.0238. The van der Waals surface area contributed by atoms with Gasteiger partial charge in [0, 0.05) is 12.7 Å². The number of benzene rings is 2. The van der Waals surface area contributed by atoms with Crippen LogP contribution < -0.4 is 9.47 Å². The summed E-state index contributed by atoms with van der Waals surface area (Å²) in [6, 6.07) is 16.6. The summed E-state index contributed by atoms with van der Waals surface area (Å²) in [6.07, 6.45) is 3.20. The number of carbonyl (C=O) groups is 1. The molecule has 0 atom stereocenters. The molecule has 0 aliphatic carbocycles. The summed E-state index contributed by atoms with van der Waals surface area (Å²) in [6.45, 7) is 1.02. The van der Waals surface area contributed by atoms with Gasteiger partial charge in [-0.15, -0.1) is 0 Å². The molecule has 0 unspecified atom stereocenters. The Hall–Kier alpha value is -3.44. The topological polar surface area (TPSA) is 121 Å². The summed E-state index contributed by atoms with van der Waals surface area (Å²) < 4.78 is 39.1. The zero-order valence-corrected chi connectivity index (χ0v) is 19.2. The molecule has 2 aliphatic rings. The Balaban J connectivity index is 1.37. The molecule has 1 amide bonds. The first-order valence-corrected chi connectivity index (χ1v) is 12.6. The molecule has 1 N–H and O–H groups in total. The number of ether oxygens (including phenoxy) is 2. The third-order valence-corrected chi connectivity index (χ3v) is 6.34. The number of nitrogens with one attached hydrogen (secondary N) is 1. The molecule has 2 aliphatic heterocycles. The fourth-order valence-corrected chi connectivity index (χ4v) is 4.87. The average Bonchev–Trinajstić information content (AvgIpc) is 3.22. The van der Waals surface area contributed by atoms with Crippen LogP contribution >= 0.6 is 11.9 Å². The van der Waals surface area contributed by atoms with E-state index in [2.05, 4.69) is 9.39 Å². The second-order valence-corrected chi connectivity index (χ2v) is 9.75. The van der Waals surface area contributed by atoms with Crippen molar-refractivity contribution in [2.75, 3.05) is 19.5 Å². The van der Waals surface area contributed by atoms with Crippen molar-refractivity contribution in [3.8, 4) is 11.5 Å². The number of para-hydroxylation sites is 1. The molecule has 2 heterocycles. The van der Waals surface area contributed by atoms with E-state index in [1.54, 1.807) is 24.3 Å². The minimum Gasteiger partial charge on any atom is -0.493 e. The van der Waals surface area contributed by atoms with Gasteiger partial charge in [-0.25, -0.2) is 13.3 Å². The lowest BCUT2D eigenvalue weighted by molar-refractivity contribution is -0.114. The van der Waals surface area contributed by atoms with Crippen molar-refractivity contribution < 1.29 is 22.7 Å². The summed E-state index contributed by atoms with van der Waals surface area (Å²) >= 11 is 0.759. The van der Waals surface area contributed by atoms with Crippen LogP contribution in [0.1, 0.15) is 12.0 Å². The highest BCUT2D eigenvalue weighted by atomic mass is 32.2. The van der Waals surface area contributed by atoms with E-state index in [0.717, 1.165) is 28.9 Å². The van der Waals surface area contributed by atoms with Gasteiger partial charge in [0.25, 0.3) is 5.91 Å². The average molecular weight is 485 g/mol. The molecule has 33 heavy (non-hydrogen) atoms. The first kappa shape index (κ1) is 22.7. The van der Waals surface area contributed by atoms with E-state index in [-0.39, 0.29) is 21.7 Å². The smallest absolute Gasteiger partial charge is 0.283 e. The Kier molecular flexibility index (Phi) is 6.61. The van der Waals surface area contributed by atoms with Crippen molar-refractivity contribution in [1.29, 1.82) is 5.41 Å². The summed E-state index contributed by atoms with van der Waals surface area (Å²) in [4.78, 5) is 17.4. The molecule has 0 saturated carbocycles. The predicted octanol–water partition coefficient (Wildman–Crippen LogP) is 3.16. The zero-order chi connectivity index (χ0) is 23.4. The van der Waals surface area contributed by atoms with Gasteiger partial charge in [-0.05, 0) is 35.9 Å². The normalized spacial score (nSPS) is 17.0. The van der Waals surface area contributed by atoms with E-state index >= 15 is 0 Å². The van der Waals surface area contributed by atoms with Gasteiger partial charge in [-0.2, -0.15) is 9.39 Å². The highest BCUT2D eigenvalue weighted by Crippen LogP contribution is 2.29. The number of sulfone groups is 1. The number of hydrogen-bond donors (Lipinski definition) is 1. The number of hydrogen-bond acceptors (Lipinski definition) is 8. The molecule has 9 nitrogen and oxygen atoms in total. The monoisotopic (exact) mass is 484 g/mol. The van der Waals surface area contributed by atoms with Gasteiger partial charge in [-0.1, -0.05) is 30.3 Å². The molecule has 0 bridgehead atoms. The molecule has 2 aromatic rings. The van der Waals surface area contributed by atoms with Crippen molar-refractivity contribution in [3.63, 3.8) is 0 Å². The number of fused-ring (bicyclic) bond motifs is 1. The first-order valence-electron chi connectivity index (χ1n) is 9.92. The molecule has 170 valence electrons. The maximum Gasteiger partial charge on any atom is 0.283 e. The Morgan fingerprint density at radius 1 is 1.03 bits per heavy atom. The third kappa shape index (κ3) is 5.32. The van der Waals surface area contributed by atoms with Crippen molar-refractivity contribution in [1.82, 2.24) is 4.90 Å². The van der Waals surface area contributed by atoms with E-state index < -0.39 is 15.7 Å². The maximum atomic E-state index is 12.4. The lowest BCUT2D eigenvalue weighted by Crippen LogP contribution is -2.45. The fourth-order valence-electron chi connectivity index (χ4n) is 3.02. The summed E-state index contributed by atoms with van der Waals surface area (Å²) in [5.74, 6) is 0.571. The van der Waals surface area contributed by atoms with Gasteiger partial charge in [0.15, 0.2) is 0 Å². The number of amides is 1. The summed E-state index contributed by atoms with van der Waals surface area (Å²) in [7, 11) is -3.68. The lowest BCUT2D eigenvalue weighted by Gasteiger charge is -2.23. The fraction of sp³-hybridized carbons (Fsp3) is 0.182. The lowest BCUT2D eigenvalue weighted by atomic mass is 10.1. The van der Waals surface area contributed by atoms with Crippen LogP contribution in [-0.4, -0.2) is 54.9 Å². The minimum atomic E-state index is -3.68. The van der Waals surface area contributed by atoms with Gasteiger partial charge in [0.05, 0.1) is 30.7 Å². The SMILES string of the molecule is CS(=O)(=O)C1=NSC2=NC(=O)/C(=C\c3ccc(OCCCOc4ccccc4)cc3)C(=N)N21. The molecule has 0 spiro atoms. The van der Waals surface area contributed by atoms with E-state index in [0.29, 0.717) is 30.9 Å². The van der Waals surface area contributed by atoms with E-state index in [1.807, 2.05) is 30.3 Å². The number of nitrogens with zero attached hydrogens (tertiary/aromatic N) is 3. The number of aliphatic imine (C=N–C) groups is 1. The molecule has 4 rings (SSSR count). The molecule has 11 heteroatoms. The molecule has 2 aromatic carbocycles. The number of amidine groups is 3. The largest absolute Gasteiger partial charge is 0.493 e. The standard InChI is InChI=1S/C22H20N4O5S2/c1-33(28,29)22-25-32-21-24-20(27)18(19(23)26(21)22)14-15-8-10-17(11-9-15)31-13-5-12-30-16-6-3-2-4-7-16/h2-4,6-11,14,23H,5,12-13H2,1H3/b18-14-,23-19?. The van der Waals surface area contributed by atoms with Crippen LogP contribution in [0, 0.1) is 5.41 Å².